The molecule has 0 fully saturated rings. The molecular weight excluding hydrogens is 264 g/mol. The molecule has 0 N–H and O–H groups in total. The lowest BCUT2D eigenvalue weighted by Gasteiger charge is -2.32. The normalized spacial score (nSPS) is 17.7. The van der Waals surface area contributed by atoms with Gasteiger partial charge in [-0.15, -0.1) is 0 Å². The highest BCUT2D eigenvalue weighted by molar-refractivity contribution is 6.66. The molecule has 0 bridgehead atoms. The molecule has 0 heterocycles. The molecule has 122 valence electrons. The lowest BCUT2D eigenvalue weighted by molar-refractivity contribution is 0.0907. The van der Waals surface area contributed by atoms with Crippen molar-refractivity contribution in [3.05, 3.63) is 0 Å². The minimum absolute atomic E-state index is 0.329. The van der Waals surface area contributed by atoms with Gasteiger partial charge in [-0.3, -0.25) is 0 Å². The first-order chi connectivity index (χ1) is 9.47. The van der Waals surface area contributed by atoms with Crippen LogP contribution < -0.4 is 0 Å². The highest BCUT2D eigenvalue weighted by atomic mass is 28.4. The van der Waals surface area contributed by atoms with Crippen LogP contribution in [0.5, 0.6) is 0 Å². The first-order valence-electron chi connectivity index (χ1n) is 8.83. The number of hydrogen-bond donors (Lipinski definition) is 0. The van der Waals surface area contributed by atoms with Crippen LogP contribution in [0.4, 0.5) is 0 Å². The Morgan fingerprint density at radius 2 is 1.20 bits per heavy atom. The summed E-state index contributed by atoms with van der Waals surface area (Å²) in [5, 5.41) is 0. The van der Waals surface area contributed by atoms with Crippen LogP contribution in [0.3, 0.4) is 0 Å². The molecule has 0 aliphatic heterocycles. The molecule has 0 aliphatic rings. The Kier molecular flexibility index (Phi) is 11.8. The summed E-state index contributed by atoms with van der Waals surface area (Å²) in [4.78, 5) is 0. The Bertz CT molecular complexity index is 209. The topological polar surface area (TPSA) is 18.5 Å². The molecule has 0 amide bonds. The third-order valence-electron chi connectivity index (χ3n) is 4.04. The Hall–Kier alpha value is 0.137. The second kappa shape index (κ2) is 11.8. The molecule has 0 aliphatic carbocycles. The molecule has 0 aromatic carbocycles. The van der Waals surface area contributed by atoms with Crippen molar-refractivity contribution >= 4 is 8.56 Å². The summed E-state index contributed by atoms with van der Waals surface area (Å²) >= 11 is 0. The Balaban J connectivity index is 4.16. The number of rotatable bonds is 13. The van der Waals surface area contributed by atoms with Crippen molar-refractivity contribution in [2.75, 3.05) is 0 Å². The van der Waals surface area contributed by atoms with E-state index in [1.165, 1.54) is 38.5 Å². The Morgan fingerprint density at radius 3 is 1.65 bits per heavy atom. The van der Waals surface area contributed by atoms with E-state index < -0.39 is 8.56 Å². The molecule has 0 spiro atoms. The fraction of sp³-hybridized carbons (Fsp3) is 1.00. The van der Waals surface area contributed by atoms with Gasteiger partial charge in [0.05, 0.1) is 0 Å². The summed E-state index contributed by atoms with van der Waals surface area (Å²) in [6.07, 6.45) is 10.8. The fourth-order valence-corrected chi connectivity index (χ4v) is 5.61. The summed E-state index contributed by atoms with van der Waals surface area (Å²) in [7, 11) is -1.99. The van der Waals surface area contributed by atoms with Crippen molar-refractivity contribution in [2.45, 2.75) is 111 Å². The van der Waals surface area contributed by atoms with Crippen molar-refractivity contribution in [1.82, 2.24) is 0 Å². The van der Waals surface area contributed by atoms with Crippen LogP contribution in [0.1, 0.15) is 86.0 Å². The summed E-state index contributed by atoms with van der Waals surface area (Å²) < 4.78 is 12.6. The molecule has 0 radical (unpaired) electrons. The quantitative estimate of drug-likeness (QED) is 0.304. The average Bonchev–Trinajstić information content (AvgIpc) is 2.42. The van der Waals surface area contributed by atoms with E-state index >= 15 is 0 Å². The van der Waals surface area contributed by atoms with Crippen LogP contribution in [0, 0.1) is 0 Å². The van der Waals surface area contributed by atoms with E-state index in [-0.39, 0.29) is 0 Å². The van der Waals surface area contributed by atoms with Gasteiger partial charge in [0, 0.05) is 12.2 Å². The molecular formula is C17H38O2Si. The van der Waals surface area contributed by atoms with E-state index in [4.69, 9.17) is 8.85 Å². The maximum absolute atomic E-state index is 6.30. The fourth-order valence-electron chi connectivity index (χ4n) is 2.39. The van der Waals surface area contributed by atoms with Crippen molar-refractivity contribution in [2.24, 2.45) is 0 Å². The molecule has 2 unspecified atom stereocenters. The van der Waals surface area contributed by atoms with Gasteiger partial charge >= 0.3 is 8.56 Å². The summed E-state index contributed by atoms with van der Waals surface area (Å²) in [5.74, 6) is 0. The zero-order chi connectivity index (χ0) is 15.4. The molecule has 0 aromatic rings. The van der Waals surface area contributed by atoms with Crippen LogP contribution >= 0.6 is 0 Å². The predicted molar refractivity (Wildman–Crippen MR) is 91.5 cm³/mol. The van der Waals surface area contributed by atoms with Gasteiger partial charge in [0.1, 0.15) is 0 Å². The molecule has 0 rings (SSSR count). The molecule has 3 heteroatoms. The lowest BCUT2D eigenvalue weighted by Crippen LogP contribution is -2.43. The van der Waals surface area contributed by atoms with Gasteiger partial charge in [-0.25, -0.2) is 0 Å². The van der Waals surface area contributed by atoms with Gasteiger partial charge < -0.3 is 8.85 Å². The SMILES string of the molecule is CCCCCCCC[Si](C)(OC(C)CC)OC(C)CC. The molecule has 0 aromatic heterocycles. The largest absolute Gasteiger partial charge is 0.392 e. The van der Waals surface area contributed by atoms with Gasteiger partial charge in [-0.1, -0.05) is 59.3 Å². The van der Waals surface area contributed by atoms with E-state index in [2.05, 4.69) is 41.2 Å². The second-order valence-electron chi connectivity index (χ2n) is 6.33. The maximum atomic E-state index is 6.30. The minimum Gasteiger partial charge on any atom is -0.392 e. The van der Waals surface area contributed by atoms with Gasteiger partial charge in [0.15, 0.2) is 0 Å². The van der Waals surface area contributed by atoms with E-state index in [9.17, 15) is 0 Å². The summed E-state index contributed by atoms with van der Waals surface area (Å²) in [5.41, 5.74) is 0. The van der Waals surface area contributed by atoms with Crippen molar-refractivity contribution < 1.29 is 8.85 Å². The van der Waals surface area contributed by atoms with Gasteiger partial charge in [-0.2, -0.15) is 0 Å². The first kappa shape index (κ1) is 20.1. The molecule has 2 nitrogen and oxygen atoms in total. The van der Waals surface area contributed by atoms with Crippen molar-refractivity contribution in [3.8, 4) is 0 Å². The summed E-state index contributed by atoms with van der Waals surface area (Å²) in [6, 6.07) is 1.15. The average molecular weight is 303 g/mol. The van der Waals surface area contributed by atoms with Crippen molar-refractivity contribution in [1.29, 1.82) is 0 Å². The zero-order valence-electron chi connectivity index (χ0n) is 14.8. The number of hydrogen-bond acceptors (Lipinski definition) is 2. The highest BCUT2D eigenvalue weighted by Gasteiger charge is 2.34. The Morgan fingerprint density at radius 1 is 0.750 bits per heavy atom. The zero-order valence-corrected chi connectivity index (χ0v) is 15.8. The van der Waals surface area contributed by atoms with Gasteiger partial charge in [0.2, 0.25) is 0 Å². The van der Waals surface area contributed by atoms with E-state index in [1.807, 2.05) is 0 Å². The van der Waals surface area contributed by atoms with Crippen LogP contribution in [-0.2, 0) is 8.85 Å². The highest BCUT2D eigenvalue weighted by Crippen LogP contribution is 2.23. The van der Waals surface area contributed by atoms with Crippen LogP contribution in [0.15, 0.2) is 0 Å². The van der Waals surface area contributed by atoms with Gasteiger partial charge in [-0.05, 0) is 39.3 Å². The molecule has 20 heavy (non-hydrogen) atoms. The van der Waals surface area contributed by atoms with Crippen LogP contribution in [0.25, 0.3) is 0 Å². The molecule has 2 atom stereocenters. The van der Waals surface area contributed by atoms with Crippen LogP contribution in [-0.4, -0.2) is 20.8 Å². The van der Waals surface area contributed by atoms with Gasteiger partial charge in [0.25, 0.3) is 0 Å². The smallest absolute Gasteiger partial charge is 0.335 e. The maximum Gasteiger partial charge on any atom is 0.335 e. The van der Waals surface area contributed by atoms with E-state index in [1.54, 1.807) is 0 Å². The lowest BCUT2D eigenvalue weighted by atomic mass is 10.1. The van der Waals surface area contributed by atoms with Crippen LogP contribution in [0.2, 0.25) is 12.6 Å². The van der Waals surface area contributed by atoms with E-state index in [0.717, 1.165) is 18.9 Å². The number of unbranched alkanes of at least 4 members (excludes halogenated alkanes) is 5. The second-order valence-corrected chi connectivity index (χ2v) is 9.56. The summed E-state index contributed by atoms with van der Waals surface area (Å²) in [6.45, 7) is 13.3. The van der Waals surface area contributed by atoms with Crippen molar-refractivity contribution in [3.63, 3.8) is 0 Å². The third-order valence-corrected chi connectivity index (χ3v) is 7.10. The molecule has 0 saturated heterocycles. The Labute approximate surface area is 128 Å². The monoisotopic (exact) mass is 302 g/mol. The molecule has 0 saturated carbocycles. The minimum atomic E-state index is -1.99. The third kappa shape index (κ3) is 9.95. The first-order valence-corrected chi connectivity index (χ1v) is 11.3. The van der Waals surface area contributed by atoms with E-state index in [0.29, 0.717) is 12.2 Å². The standard InChI is InChI=1S/C17H38O2Si/c1-7-10-11-12-13-14-15-20(6,18-16(4)8-2)19-17(5)9-3/h16-17H,7-15H2,1-6H3. The predicted octanol–water partition coefficient (Wildman–Crippen LogP) is 6.05.